The first kappa shape index (κ1) is 15.2. The molecule has 0 fully saturated rings. The van der Waals surface area contributed by atoms with E-state index in [1.165, 1.54) is 18.6 Å². The average molecular weight is 308 g/mol. The fourth-order valence-corrected chi connectivity index (χ4v) is 3.30. The molecule has 1 aliphatic carbocycles. The molecule has 6 heteroatoms. The second-order valence-corrected chi connectivity index (χ2v) is 5.79. The Morgan fingerprint density at radius 3 is 2.70 bits per heavy atom. The molecular weight excluding hydrogens is 288 g/mol. The van der Waals surface area contributed by atoms with E-state index in [9.17, 15) is 0 Å². The van der Waals surface area contributed by atoms with E-state index in [0.717, 1.165) is 34.9 Å². The number of anilines is 1. The van der Waals surface area contributed by atoms with Crippen LogP contribution >= 0.6 is 0 Å². The van der Waals surface area contributed by atoms with Gasteiger partial charge in [-0.2, -0.15) is 0 Å². The van der Waals surface area contributed by atoms with Gasteiger partial charge < -0.3 is 28.0 Å². The van der Waals surface area contributed by atoms with Crippen molar-refractivity contribution in [1.29, 1.82) is 10.8 Å². The second-order valence-electron chi connectivity index (χ2n) is 5.79. The lowest BCUT2D eigenvalue weighted by Gasteiger charge is -2.26. The molecule has 23 heavy (non-hydrogen) atoms. The molecule has 0 bridgehead atoms. The highest BCUT2D eigenvalue weighted by Gasteiger charge is 2.24. The number of hydrogen-bond acceptors (Lipinski definition) is 6. The summed E-state index contributed by atoms with van der Waals surface area (Å²) in [4.78, 5) is 4.70. The number of nitrogen functional groups attached to an aromatic ring is 1. The molecule has 0 aliphatic heterocycles. The summed E-state index contributed by atoms with van der Waals surface area (Å²) in [5.41, 5.74) is 23.3. The Balaban J connectivity index is 2.44. The van der Waals surface area contributed by atoms with Crippen LogP contribution in [0.2, 0.25) is 0 Å². The van der Waals surface area contributed by atoms with Crippen LogP contribution in [0, 0.1) is 10.8 Å². The maximum absolute atomic E-state index is 7.71. The minimum Gasteiger partial charge on any atom is -0.404 e. The number of aromatic nitrogens is 1. The lowest BCUT2D eigenvalue weighted by atomic mass is 9.83. The second kappa shape index (κ2) is 5.81. The number of nitrogens with one attached hydrogen (secondary N) is 2. The van der Waals surface area contributed by atoms with Gasteiger partial charge in [0.25, 0.3) is 0 Å². The highest BCUT2D eigenvalue weighted by molar-refractivity contribution is 6.10. The lowest BCUT2D eigenvalue weighted by Crippen LogP contribution is -2.29. The van der Waals surface area contributed by atoms with Gasteiger partial charge in [-0.05, 0) is 42.5 Å². The van der Waals surface area contributed by atoms with Crippen LogP contribution in [0.1, 0.15) is 28.8 Å². The largest absolute Gasteiger partial charge is 0.404 e. The van der Waals surface area contributed by atoms with Crippen LogP contribution in [0.4, 0.5) is 5.69 Å². The van der Waals surface area contributed by atoms with Gasteiger partial charge in [-0.25, -0.2) is 4.98 Å². The van der Waals surface area contributed by atoms with E-state index in [-0.39, 0.29) is 6.04 Å². The molecule has 1 aromatic carbocycles. The predicted octanol–water partition coefficient (Wildman–Crippen LogP) is 1.58. The van der Waals surface area contributed by atoms with Crippen LogP contribution in [0.3, 0.4) is 0 Å². The summed E-state index contributed by atoms with van der Waals surface area (Å²) in [6, 6.07) is 3.68. The van der Waals surface area contributed by atoms with Crippen molar-refractivity contribution in [3.05, 3.63) is 40.7 Å². The maximum Gasteiger partial charge on any atom is 0.0774 e. The molecule has 8 N–H and O–H groups in total. The van der Waals surface area contributed by atoms with Crippen molar-refractivity contribution in [2.45, 2.75) is 25.3 Å². The number of nitrogens with zero attached hydrogens (tertiary/aromatic N) is 1. The molecule has 1 aromatic heterocycles. The van der Waals surface area contributed by atoms with Crippen molar-refractivity contribution in [2.24, 2.45) is 11.5 Å². The minimum atomic E-state index is 0.0646. The molecule has 0 saturated heterocycles. The third-order valence-electron chi connectivity index (χ3n) is 4.43. The smallest absolute Gasteiger partial charge is 0.0774 e. The van der Waals surface area contributed by atoms with Crippen molar-refractivity contribution in [2.75, 3.05) is 5.73 Å². The fraction of sp³-hybridized carbons (Fsp3) is 0.235. The number of hydrogen-bond donors (Lipinski definition) is 5. The van der Waals surface area contributed by atoms with Crippen LogP contribution in [0.5, 0.6) is 0 Å². The molecule has 0 amide bonds. The molecule has 1 atom stereocenters. The third kappa shape index (κ3) is 2.37. The molecule has 118 valence electrons. The predicted molar refractivity (Wildman–Crippen MR) is 95.0 cm³/mol. The van der Waals surface area contributed by atoms with E-state index in [0.29, 0.717) is 28.9 Å². The first-order chi connectivity index (χ1) is 11.1. The Hall–Kier alpha value is -2.73. The average Bonchev–Trinajstić information content (AvgIpc) is 2.56. The summed E-state index contributed by atoms with van der Waals surface area (Å²) in [7, 11) is 0. The maximum atomic E-state index is 7.71. The van der Waals surface area contributed by atoms with Crippen molar-refractivity contribution < 1.29 is 0 Å². The zero-order chi connectivity index (χ0) is 16.6. The van der Waals surface area contributed by atoms with Crippen molar-refractivity contribution in [3.63, 3.8) is 0 Å². The number of rotatable bonds is 3. The SMILES string of the molecule is N=C/C(=C\N)c1nc2ccc(N)c(C=N)c2c2c1CC(N)CC2. The van der Waals surface area contributed by atoms with Gasteiger partial charge in [0.05, 0.1) is 11.2 Å². The molecule has 0 spiro atoms. The summed E-state index contributed by atoms with van der Waals surface area (Å²) in [5.74, 6) is 0. The number of benzene rings is 1. The van der Waals surface area contributed by atoms with E-state index in [4.69, 9.17) is 33.0 Å². The monoisotopic (exact) mass is 308 g/mol. The zero-order valence-electron chi connectivity index (χ0n) is 12.8. The van der Waals surface area contributed by atoms with Gasteiger partial charge in [0.2, 0.25) is 0 Å². The van der Waals surface area contributed by atoms with Crippen LogP contribution in [0.25, 0.3) is 16.5 Å². The summed E-state index contributed by atoms with van der Waals surface area (Å²) >= 11 is 0. The molecule has 1 heterocycles. The Labute approximate surface area is 134 Å². The Bertz CT molecular complexity index is 837. The molecule has 1 unspecified atom stereocenters. The molecule has 1 aliphatic rings. The number of allylic oxidation sites excluding steroid dienone is 1. The first-order valence-electron chi connectivity index (χ1n) is 7.53. The van der Waals surface area contributed by atoms with Gasteiger partial charge in [-0.15, -0.1) is 0 Å². The molecule has 0 radical (unpaired) electrons. The topological polar surface area (TPSA) is 139 Å². The van der Waals surface area contributed by atoms with E-state index in [1.54, 1.807) is 6.07 Å². The third-order valence-corrected chi connectivity index (χ3v) is 4.43. The van der Waals surface area contributed by atoms with Gasteiger partial charge in [-0.3, -0.25) is 0 Å². The van der Waals surface area contributed by atoms with Crippen LogP contribution in [-0.4, -0.2) is 23.5 Å². The normalized spacial score (nSPS) is 17.8. The molecule has 0 saturated carbocycles. The number of pyridine rings is 1. The fourth-order valence-electron chi connectivity index (χ4n) is 3.30. The summed E-state index contributed by atoms with van der Waals surface area (Å²) in [6.45, 7) is 0. The van der Waals surface area contributed by atoms with Gasteiger partial charge in [0, 0.05) is 46.9 Å². The van der Waals surface area contributed by atoms with Crippen LogP contribution in [-0.2, 0) is 12.8 Å². The number of aryl methyl sites for hydroxylation is 1. The van der Waals surface area contributed by atoms with Gasteiger partial charge >= 0.3 is 0 Å². The Morgan fingerprint density at radius 2 is 2.04 bits per heavy atom. The minimum absolute atomic E-state index is 0.0646. The van der Waals surface area contributed by atoms with Crippen LogP contribution in [0.15, 0.2) is 18.3 Å². The van der Waals surface area contributed by atoms with Crippen molar-refractivity contribution >= 4 is 34.6 Å². The number of fused-ring (bicyclic) bond motifs is 3. The highest BCUT2D eigenvalue weighted by atomic mass is 14.7. The van der Waals surface area contributed by atoms with Gasteiger partial charge in [-0.1, -0.05) is 0 Å². The first-order valence-corrected chi connectivity index (χ1v) is 7.53. The van der Waals surface area contributed by atoms with E-state index in [1.807, 2.05) is 6.07 Å². The Kier molecular flexibility index (Phi) is 3.83. The summed E-state index contributed by atoms with van der Waals surface area (Å²) < 4.78 is 0. The molecule has 3 rings (SSSR count). The molecule has 6 nitrogen and oxygen atoms in total. The zero-order valence-corrected chi connectivity index (χ0v) is 12.8. The summed E-state index contributed by atoms with van der Waals surface area (Å²) in [6.07, 6.45) is 6.27. The van der Waals surface area contributed by atoms with Gasteiger partial charge in [0.15, 0.2) is 0 Å². The lowest BCUT2D eigenvalue weighted by molar-refractivity contribution is 0.577. The standard InChI is InChI=1S/C17H20N6/c18-6-9(7-19)17-12-5-10(21)1-2-11(12)16-13(8-20)14(22)3-4-15(16)23-17/h3-4,6-8,10,18,20H,1-2,5,19,21-22H2/b9-7+,18-6?,20-8?. The Morgan fingerprint density at radius 1 is 1.26 bits per heavy atom. The quantitative estimate of drug-likeness (QED) is 0.434. The van der Waals surface area contributed by atoms with E-state index < -0.39 is 0 Å². The van der Waals surface area contributed by atoms with Crippen molar-refractivity contribution in [3.8, 4) is 0 Å². The van der Waals surface area contributed by atoms with E-state index >= 15 is 0 Å². The molecular formula is C17H20N6. The van der Waals surface area contributed by atoms with E-state index in [2.05, 4.69) is 0 Å². The summed E-state index contributed by atoms with van der Waals surface area (Å²) in [5, 5.41) is 16.2. The van der Waals surface area contributed by atoms with Crippen molar-refractivity contribution in [1.82, 2.24) is 4.98 Å². The highest BCUT2D eigenvalue weighted by Crippen LogP contribution is 2.35. The van der Waals surface area contributed by atoms with Crippen LogP contribution < -0.4 is 17.2 Å². The number of nitrogens with two attached hydrogens (primary N) is 3. The molecule has 2 aromatic rings. The van der Waals surface area contributed by atoms with Gasteiger partial charge in [0.1, 0.15) is 0 Å².